The van der Waals surface area contributed by atoms with Gasteiger partial charge in [-0.25, -0.2) is 4.39 Å². The van der Waals surface area contributed by atoms with Gasteiger partial charge in [-0.3, -0.25) is 4.79 Å². The molecule has 3 fully saturated rings. The van der Waals surface area contributed by atoms with Gasteiger partial charge >= 0.3 is 0 Å². The monoisotopic (exact) mass is 302 g/mol. The first-order chi connectivity index (χ1) is 10.7. The van der Waals surface area contributed by atoms with Crippen molar-refractivity contribution >= 4 is 5.91 Å². The number of likely N-dealkylation sites (tertiary alicyclic amines) is 1. The quantitative estimate of drug-likeness (QED) is 0.927. The number of nitrogens with zero attached hydrogens (tertiary/aromatic N) is 1. The molecule has 1 aliphatic heterocycles. The summed E-state index contributed by atoms with van der Waals surface area (Å²) in [6.07, 6.45) is 5.78. The molecule has 2 unspecified atom stereocenters. The van der Waals surface area contributed by atoms with Crippen molar-refractivity contribution in [1.29, 1.82) is 0 Å². The predicted octanol–water partition coefficient (Wildman–Crippen LogP) is 2.67. The third-order valence-corrected chi connectivity index (χ3v) is 5.36. The van der Waals surface area contributed by atoms with Crippen LogP contribution in [0, 0.1) is 11.7 Å². The Morgan fingerprint density at radius 1 is 1.09 bits per heavy atom. The first kappa shape index (κ1) is 14.2. The average molecular weight is 302 g/mol. The van der Waals surface area contributed by atoms with Gasteiger partial charge < -0.3 is 10.2 Å². The molecule has 22 heavy (non-hydrogen) atoms. The third-order valence-electron chi connectivity index (χ3n) is 5.36. The average Bonchev–Trinajstić information content (AvgIpc) is 3.41. The van der Waals surface area contributed by atoms with Gasteiger partial charge in [0.1, 0.15) is 5.82 Å². The number of halogens is 1. The van der Waals surface area contributed by atoms with Crippen molar-refractivity contribution in [2.75, 3.05) is 13.1 Å². The number of hydrogen-bond acceptors (Lipinski definition) is 2. The van der Waals surface area contributed by atoms with Crippen LogP contribution in [0.3, 0.4) is 0 Å². The van der Waals surface area contributed by atoms with Crippen LogP contribution in [-0.4, -0.2) is 36.0 Å². The maximum atomic E-state index is 12.9. The number of benzene rings is 1. The first-order valence-corrected chi connectivity index (χ1v) is 8.50. The Labute approximate surface area is 130 Å². The minimum Gasteiger partial charge on any atom is -0.353 e. The van der Waals surface area contributed by atoms with Crippen LogP contribution in [0.2, 0.25) is 0 Å². The van der Waals surface area contributed by atoms with E-state index in [2.05, 4.69) is 10.2 Å². The molecule has 1 aromatic rings. The molecule has 1 aromatic carbocycles. The van der Waals surface area contributed by atoms with Crippen molar-refractivity contribution in [2.45, 2.75) is 50.1 Å². The largest absolute Gasteiger partial charge is 0.353 e. The van der Waals surface area contributed by atoms with E-state index in [-0.39, 0.29) is 23.6 Å². The number of amides is 1. The highest BCUT2D eigenvalue weighted by molar-refractivity contribution is 5.83. The molecule has 3 aliphatic rings. The molecule has 0 spiro atoms. The van der Waals surface area contributed by atoms with E-state index >= 15 is 0 Å². The van der Waals surface area contributed by atoms with Gasteiger partial charge in [0.25, 0.3) is 0 Å². The highest BCUT2D eigenvalue weighted by Gasteiger charge is 2.44. The summed E-state index contributed by atoms with van der Waals surface area (Å²) in [6.45, 7) is 2.25. The number of carbonyl (C=O) groups excluding carboxylic acids is 1. The van der Waals surface area contributed by atoms with Crippen LogP contribution < -0.4 is 5.32 Å². The second kappa shape index (κ2) is 5.65. The lowest BCUT2D eigenvalue weighted by molar-refractivity contribution is -0.123. The van der Waals surface area contributed by atoms with Crippen LogP contribution >= 0.6 is 0 Å². The Balaban J connectivity index is 1.26. The number of piperidine rings is 1. The van der Waals surface area contributed by atoms with Crippen LogP contribution in [0.15, 0.2) is 24.3 Å². The molecule has 0 radical (unpaired) electrons. The molecule has 2 atom stereocenters. The fourth-order valence-electron chi connectivity index (χ4n) is 3.72. The van der Waals surface area contributed by atoms with E-state index in [1.54, 1.807) is 12.1 Å². The zero-order chi connectivity index (χ0) is 15.1. The minimum atomic E-state index is -0.215. The molecule has 0 bridgehead atoms. The molecule has 1 N–H and O–H groups in total. The van der Waals surface area contributed by atoms with E-state index in [1.165, 1.54) is 25.0 Å². The molecule has 1 amide bonds. The van der Waals surface area contributed by atoms with E-state index in [0.717, 1.165) is 44.0 Å². The SMILES string of the molecule is O=C(NC1CCN(C2CC2)CC1)C1CC1c1ccc(F)cc1. The van der Waals surface area contributed by atoms with Crippen molar-refractivity contribution < 1.29 is 9.18 Å². The van der Waals surface area contributed by atoms with Crippen LogP contribution in [0.4, 0.5) is 4.39 Å². The fourth-order valence-corrected chi connectivity index (χ4v) is 3.72. The molecular formula is C18H23FN2O. The van der Waals surface area contributed by atoms with Gasteiger partial charge in [0.2, 0.25) is 5.91 Å². The van der Waals surface area contributed by atoms with Gasteiger partial charge in [0, 0.05) is 31.1 Å². The first-order valence-electron chi connectivity index (χ1n) is 8.50. The van der Waals surface area contributed by atoms with Gasteiger partial charge in [-0.1, -0.05) is 12.1 Å². The summed E-state index contributed by atoms with van der Waals surface area (Å²) in [5.41, 5.74) is 1.09. The Kier molecular flexibility index (Phi) is 3.65. The van der Waals surface area contributed by atoms with Crippen LogP contribution in [0.25, 0.3) is 0 Å². The minimum absolute atomic E-state index is 0.0897. The molecular weight excluding hydrogens is 279 g/mol. The number of hydrogen-bond donors (Lipinski definition) is 1. The Bertz CT molecular complexity index is 547. The Morgan fingerprint density at radius 3 is 2.41 bits per heavy atom. The molecule has 1 heterocycles. The van der Waals surface area contributed by atoms with Crippen molar-refractivity contribution in [3.63, 3.8) is 0 Å². The van der Waals surface area contributed by atoms with Crippen LogP contribution in [0.5, 0.6) is 0 Å². The second-order valence-electron chi connectivity index (χ2n) is 7.05. The van der Waals surface area contributed by atoms with Gasteiger partial charge in [0.15, 0.2) is 0 Å². The zero-order valence-corrected chi connectivity index (χ0v) is 12.8. The van der Waals surface area contributed by atoms with Crippen LogP contribution in [0.1, 0.15) is 43.6 Å². The zero-order valence-electron chi connectivity index (χ0n) is 12.8. The van der Waals surface area contributed by atoms with Gasteiger partial charge in [-0.05, 0) is 55.7 Å². The van der Waals surface area contributed by atoms with Crippen LogP contribution in [-0.2, 0) is 4.79 Å². The van der Waals surface area contributed by atoms with E-state index in [9.17, 15) is 9.18 Å². The smallest absolute Gasteiger partial charge is 0.223 e. The predicted molar refractivity (Wildman–Crippen MR) is 83.0 cm³/mol. The van der Waals surface area contributed by atoms with E-state index < -0.39 is 0 Å². The standard InChI is InChI=1S/C18H23FN2O/c19-13-3-1-12(2-4-13)16-11-17(16)18(22)20-14-7-9-21(10-8-14)15-5-6-15/h1-4,14-17H,5-11H2,(H,20,22). The summed E-state index contributed by atoms with van der Waals surface area (Å²) in [5, 5.41) is 3.23. The maximum absolute atomic E-state index is 12.9. The Morgan fingerprint density at radius 2 is 1.77 bits per heavy atom. The summed E-state index contributed by atoms with van der Waals surface area (Å²) < 4.78 is 12.9. The lowest BCUT2D eigenvalue weighted by atomic mass is 10.0. The third kappa shape index (κ3) is 3.02. The molecule has 2 aliphatic carbocycles. The van der Waals surface area contributed by atoms with E-state index in [4.69, 9.17) is 0 Å². The molecule has 118 valence electrons. The van der Waals surface area contributed by atoms with Crippen molar-refractivity contribution in [1.82, 2.24) is 10.2 Å². The van der Waals surface area contributed by atoms with Gasteiger partial charge in [0.05, 0.1) is 0 Å². The molecule has 2 saturated carbocycles. The highest BCUT2D eigenvalue weighted by Crippen LogP contribution is 2.47. The van der Waals surface area contributed by atoms with Crippen molar-refractivity contribution in [3.05, 3.63) is 35.6 Å². The second-order valence-corrected chi connectivity index (χ2v) is 7.05. The number of carbonyl (C=O) groups is 1. The van der Waals surface area contributed by atoms with Gasteiger partial charge in [-0.2, -0.15) is 0 Å². The Hall–Kier alpha value is -1.42. The normalized spacial score (nSPS) is 29.3. The molecule has 4 heteroatoms. The summed E-state index contributed by atoms with van der Waals surface area (Å²) >= 11 is 0. The number of rotatable bonds is 4. The fraction of sp³-hybridized carbons (Fsp3) is 0.611. The summed E-state index contributed by atoms with van der Waals surface area (Å²) in [5.74, 6) is 0.353. The van der Waals surface area contributed by atoms with Crippen molar-refractivity contribution in [3.8, 4) is 0 Å². The molecule has 4 rings (SSSR count). The molecule has 3 nitrogen and oxygen atoms in total. The summed E-state index contributed by atoms with van der Waals surface area (Å²) in [6, 6.07) is 7.76. The lowest BCUT2D eigenvalue weighted by Crippen LogP contribution is -2.45. The highest BCUT2D eigenvalue weighted by atomic mass is 19.1. The topological polar surface area (TPSA) is 32.3 Å². The van der Waals surface area contributed by atoms with E-state index in [0.29, 0.717) is 6.04 Å². The van der Waals surface area contributed by atoms with Gasteiger partial charge in [-0.15, -0.1) is 0 Å². The number of nitrogens with one attached hydrogen (secondary N) is 1. The maximum Gasteiger partial charge on any atom is 0.223 e. The molecule has 1 saturated heterocycles. The van der Waals surface area contributed by atoms with Crippen molar-refractivity contribution in [2.24, 2.45) is 5.92 Å². The lowest BCUT2D eigenvalue weighted by Gasteiger charge is -2.32. The summed E-state index contributed by atoms with van der Waals surface area (Å²) in [7, 11) is 0. The molecule has 0 aromatic heterocycles. The summed E-state index contributed by atoms with van der Waals surface area (Å²) in [4.78, 5) is 14.9. The van der Waals surface area contributed by atoms with E-state index in [1.807, 2.05) is 0 Å².